The van der Waals surface area contributed by atoms with Gasteiger partial charge >= 0.3 is 0 Å². The number of benzene rings is 3. The number of halogens is 2. The van der Waals surface area contributed by atoms with Gasteiger partial charge in [0.25, 0.3) is 15.7 Å². The summed E-state index contributed by atoms with van der Waals surface area (Å²) in [5.41, 5.74) is 0.310. The molecule has 42 heavy (non-hydrogen) atoms. The van der Waals surface area contributed by atoms with Crippen LogP contribution in [0.15, 0.2) is 77.7 Å². The summed E-state index contributed by atoms with van der Waals surface area (Å²) in [5, 5.41) is 14.8. The molecule has 0 radical (unpaired) electrons. The fourth-order valence-corrected chi connectivity index (χ4v) is 6.09. The second-order valence-electron chi connectivity index (χ2n) is 9.60. The van der Waals surface area contributed by atoms with E-state index >= 15 is 0 Å². The second kappa shape index (κ2) is 14.5. The third-order valence-corrected chi connectivity index (χ3v) is 9.08. The van der Waals surface area contributed by atoms with E-state index in [0.29, 0.717) is 17.0 Å². The van der Waals surface area contributed by atoms with Crippen molar-refractivity contribution in [3.8, 4) is 0 Å². The molecule has 0 aliphatic heterocycles. The van der Waals surface area contributed by atoms with Crippen molar-refractivity contribution in [3.05, 3.63) is 98.5 Å². The Kier molecular flexibility index (Phi) is 11.3. The number of non-ortho nitro benzene ring substituents is 1. The summed E-state index contributed by atoms with van der Waals surface area (Å²) in [5.74, 6) is -1.07. The van der Waals surface area contributed by atoms with E-state index in [-0.39, 0.29) is 40.3 Å². The highest BCUT2D eigenvalue weighted by atomic mass is 35.5. The number of hydrogen-bond donors (Lipinski definition) is 1. The van der Waals surface area contributed by atoms with Crippen molar-refractivity contribution in [2.45, 2.75) is 57.1 Å². The summed E-state index contributed by atoms with van der Waals surface area (Å²) in [4.78, 5) is 39.3. The molecule has 0 saturated carbocycles. The first-order chi connectivity index (χ1) is 19.9. The zero-order chi connectivity index (χ0) is 31.0. The molecule has 2 amide bonds. The van der Waals surface area contributed by atoms with E-state index in [1.165, 1.54) is 35.2 Å². The summed E-state index contributed by atoms with van der Waals surface area (Å²) in [6.45, 7) is 4.72. The van der Waals surface area contributed by atoms with E-state index in [0.717, 1.165) is 16.4 Å². The van der Waals surface area contributed by atoms with Gasteiger partial charge in [0.1, 0.15) is 12.6 Å². The second-order valence-corrected chi connectivity index (χ2v) is 12.3. The number of nitro benzene ring substituents is 1. The van der Waals surface area contributed by atoms with Crippen molar-refractivity contribution >= 4 is 56.4 Å². The molecule has 0 saturated heterocycles. The summed E-state index contributed by atoms with van der Waals surface area (Å²) < 4.78 is 28.5. The number of hydrogen-bond acceptors (Lipinski definition) is 6. The number of rotatable bonds is 13. The molecule has 3 rings (SSSR count). The molecule has 0 unspecified atom stereocenters. The maximum atomic E-state index is 14.1. The summed E-state index contributed by atoms with van der Waals surface area (Å²) in [6, 6.07) is 16.0. The van der Waals surface area contributed by atoms with Crippen LogP contribution in [-0.4, -0.2) is 48.7 Å². The first-order valence-electron chi connectivity index (χ1n) is 13.2. The number of nitrogens with one attached hydrogen (secondary N) is 1. The minimum Gasteiger partial charge on any atom is -0.352 e. The molecule has 0 fully saturated rings. The van der Waals surface area contributed by atoms with Gasteiger partial charge < -0.3 is 10.2 Å². The lowest BCUT2D eigenvalue weighted by Gasteiger charge is -2.34. The van der Waals surface area contributed by atoms with Crippen LogP contribution in [0.4, 0.5) is 11.4 Å². The number of nitrogens with zero attached hydrogens (tertiary/aromatic N) is 3. The van der Waals surface area contributed by atoms with Gasteiger partial charge in [-0.1, -0.05) is 61.3 Å². The van der Waals surface area contributed by atoms with Crippen LogP contribution in [-0.2, 0) is 26.2 Å². The van der Waals surface area contributed by atoms with E-state index in [4.69, 9.17) is 23.2 Å². The van der Waals surface area contributed by atoms with Crippen LogP contribution in [0, 0.1) is 10.1 Å². The molecule has 0 bridgehead atoms. The Balaban J connectivity index is 2.09. The van der Waals surface area contributed by atoms with Gasteiger partial charge in [-0.15, -0.1) is 0 Å². The fourth-order valence-electron chi connectivity index (χ4n) is 4.18. The third-order valence-electron chi connectivity index (χ3n) is 6.70. The fraction of sp³-hybridized carbons (Fsp3) is 0.310. The van der Waals surface area contributed by atoms with Gasteiger partial charge in [-0.3, -0.25) is 24.0 Å². The van der Waals surface area contributed by atoms with Crippen LogP contribution in [0.3, 0.4) is 0 Å². The lowest BCUT2D eigenvalue weighted by Crippen LogP contribution is -2.53. The Bertz CT molecular complexity index is 1520. The van der Waals surface area contributed by atoms with Crippen molar-refractivity contribution in [2.24, 2.45) is 0 Å². The average Bonchev–Trinajstić information content (AvgIpc) is 2.97. The van der Waals surface area contributed by atoms with E-state index in [1.54, 1.807) is 37.3 Å². The average molecular weight is 636 g/mol. The largest absolute Gasteiger partial charge is 0.352 e. The van der Waals surface area contributed by atoms with Gasteiger partial charge in [0.15, 0.2) is 0 Å². The Labute approximate surface area is 255 Å². The van der Waals surface area contributed by atoms with Crippen molar-refractivity contribution < 1.29 is 22.9 Å². The van der Waals surface area contributed by atoms with Gasteiger partial charge in [0, 0.05) is 34.8 Å². The third kappa shape index (κ3) is 7.99. The molecule has 0 aromatic heterocycles. The molecular formula is C29H32Cl2N4O6S. The van der Waals surface area contributed by atoms with Gasteiger partial charge in [0.05, 0.1) is 15.5 Å². The minimum absolute atomic E-state index is 0.0411. The van der Waals surface area contributed by atoms with Crippen molar-refractivity contribution in [3.63, 3.8) is 0 Å². The highest BCUT2D eigenvalue weighted by Gasteiger charge is 2.34. The topological polar surface area (TPSA) is 130 Å². The molecular weight excluding hydrogens is 603 g/mol. The normalized spacial score (nSPS) is 12.7. The van der Waals surface area contributed by atoms with Crippen LogP contribution in [0.25, 0.3) is 0 Å². The summed E-state index contributed by atoms with van der Waals surface area (Å²) in [7, 11) is -4.31. The molecule has 0 spiro atoms. The highest BCUT2D eigenvalue weighted by molar-refractivity contribution is 7.92. The maximum absolute atomic E-state index is 14.1. The van der Waals surface area contributed by atoms with Crippen LogP contribution in [0.5, 0.6) is 0 Å². The zero-order valence-corrected chi connectivity index (χ0v) is 25.7. The van der Waals surface area contributed by atoms with Gasteiger partial charge in [-0.25, -0.2) is 8.42 Å². The van der Waals surface area contributed by atoms with Crippen molar-refractivity contribution in [1.29, 1.82) is 0 Å². The first-order valence-corrected chi connectivity index (χ1v) is 15.4. The molecule has 3 aromatic rings. The molecule has 10 nitrogen and oxygen atoms in total. The lowest BCUT2D eigenvalue weighted by atomic mass is 10.1. The number of carbonyl (C=O) groups excluding carboxylic acids is 2. The molecule has 0 aliphatic rings. The summed E-state index contributed by atoms with van der Waals surface area (Å²) in [6.07, 6.45) is 0.907. The Morgan fingerprint density at radius 1 is 0.976 bits per heavy atom. The molecule has 0 heterocycles. The number of sulfonamides is 1. The number of anilines is 1. The molecule has 224 valence electrons. The van der Waals surface area contributed by atoms with Crippen LogP contribution >= 0.6 is 23.2 Å². The smallest absolute Gasteiger partial charge is 0.269 e. The molecule has 13 heteroatoms. The number of amides is 2. The Morgan fingerprint density at radius 3 is 2.17 bits per heavy atom. The highest BCUT2D eigenvalue weighted by Crippen LogP contribution is 2.28. The number of carbonyl (C=O) groups is 2. The van der Waals surface area contributed by atoms with Crippen molar-refractivity contribution in [2.75, 3.05) is 10.8 Å². The van der Waals surface area contributed by atoms with Gasteiger partial charge in [-0.05, 0) is 61.7 Å². The van der Waals surface area contributed by atoms with E-state index in [9.17, 15) is 28.1 Å². The SMILES string of the molecule is CC[C@@H](C)NC(=O)[C@@H](CC)N(Cc1ccc(Cl)cc1Cl)C(=O)CN(c1ccc([N+](=O)[O-])cc1)S(=O)(=O)c1ccccc1. The monoisotopic (exact) mass is 634 g/mol. The predicted octanol–water partition coefficient (Wildman–Crippen LogP) is 5.82. The van der Waals surface area contributed by atoms with E-state index in [2.05, 4.69) is 5.32 Å². The molecule has 1 N–H and O–H groups in total. The number of nitro groups is 1. The van der Waals surface area contributed by atoms with Crippen LogP contribution in [0.1, 0.15) is 39.2 Å². The predicted molar refractivity (Wildman–Crippen MR) is 163 cm³/mol. The Hall–Kier alpha value is -3.67. The van der Waals surface area contributed by atoms with E-state index < -0.39 is 39.3 Å². The van der Waals surface area contributed by atoms with Crippen LogP contribution < -0.4 is 9.62 Å². The standard InChI is InChI=1S/C29H32Cl2N4O6S/c1-4-20(3)32-29(37)27(5-2)33(18-21-11-12-22(30)17-26(21)31)28(36)19-34(23-13-15-24(16-14-23)35(38)39)42(40,41)25-9-7-6-8-10-25/h6-17,20,27H,4-5,18-19H2,1-3H3,(H,32,37)/t20-,27-/m1/s1. The zero-order valence-electron chi connectivity index (χ0n) is 23.4. The minimum atomic E-state index is -4.31. The lowest BCUT2D eigenvalue weighted by molar-refractivity contribution is -0.384. The quantitative estimate of drug-likeness (QED) is 0.186. The van der Waals surface area contributed by atoms with Gasteiger partial charge in [0.2, 0.25) is 11.8 Å². The Morgan fingerprint density at radius 2 is 1.62 bits per heavy atom. The molecule has 0 aliphatic carbocycles. The van der Waals surface area contributed by atoms with Crippen molar-refractivity contribution in [1.82, 2.24) is 10.2 Å². The summed E-state index contributed by atoms with van der Waals surface area (Å²) >= 11 is 12.5. The molecule has 2 atom stereocenters. The maximum Gasteiger partial charge on any atom is 0.269 e. The molecule has 3 aromatic carbocycles. The van der Waals surface area contributed by atoms with Gasteiger partial charge in [-0.2, -0.15) is 0 Å². The van der Waals surface area contributed by atoms with E-state index in [1.807, 2.05) is 13.8 Å². The van der Waals surface area contributed by atoms with Crippen LogP contribution in [0.2, 0.25) is 10.0 Å². The first kappa shape index (κ1) is 32.8.